The summed E-state index contributed by atoms with van der Waals surface area (Å²) in [6, 6.07) is 10.4. The van der Waals surface area contributed by atoms with Crippen molar-refractivity contribution in [1.82, 2.24) is 5.32 Å². The van der Waals surface area contributed by atoms with E-state index in [1.165, 1.54) is 44.1 Å². The summed E-state index contributed by atoms with van der Waals surface area (Å²) in [5, 5.41) is 3.19. The molecule has 148 valence electrons. The van der Waals surface area contributed by atoms with Gasteiger partial charge in [-0.25, -0.2) is 0 Å². The van der Waals surface area contributed by atoms with Gasteiger partial charge < -0.3 is 14.8 Å². The molecule has 1 amide bonds. The molecule has 4 nitrogen and oxygen atoms in total. The van der Waals surface area contributed by atoms with E-state index in [1.54, 1.807) is 0 Å². The first-order chi connectivity index (χ1) is 13.3. The van der Waals surface area contributed by atoms with Gasteiger partial charge in [-0.1, -0.05) is 56.0 Å². The zero-order chi connectivity index (χ0) is 18.5. The Kier molecular flexibility index (Phi) is 6.14. The van der Waals surface area contributed by atoms with Crippen LogP contribution in [0, 0.1) is 11.3 Å². The number of carbonyl (C=O) groups is 1. The third-order valence-corrected chi connectivity index (χ3v) is 6.73. The van der Waals surface area contributed by atoms with Crippen molar-refractivity contribution in [2.75, 3.05) is 19.8 Å². The number of hydrogen-bond donors (Lipinski definition) is 1. The van der Waals surface area contributed by atoms with E-state index in [9.17, 15) is 4.79 Å². The molecule has 4 rings (SSSR count). The molecule has 3 aliphatic rings. The number of amides is 1. The summed E-state index contributed by atoms with van der Waals surface area (Å²) < 4.78 is 11.9. The van der Waals surface area contributed by atoms with Gasteiger partial charge in [0.25, 0.3) is 0 Å². The molecule has 2 saturated carbocycles. The van der Waals surface area contributed by atoms with Crippen molar-refractivity contribution < 1.29 is 14.3 Å². The number of benzene rings is 1. The van der Waals surface area contributed by atoms with E-state index < -0.39 is 0 Å². The van der Waals surface area contributed by atoms with E-state index in [4.69, 9.17) is 9.47 Å². The van der Waals surface area contributed by atoms with E-state index in [-0.39, 0.29) is 23.5 Å². The van der Waals surface area contributed by atoms with Crippen LogP contribution in [-0.4, -0.2) is 32.0 Å². The van der Waals surface area contributed by atoms with Crippen molar-refractivity contribution >= 4 is 5.91 Å². The molecule has 0 spiro atoms. The Morgan fingerprint density at radius 1 is 1.04 bits per heavy atom. The van der Waals surface area contributed by atoms with Crippen molar-refractivity contribution in [2.45, 2.75) is 70.0 Å². The summed E-state index contributed by atoms with van der Waals surface area (Å²) >= 11 is 0. The zero-order valence-electron chi connectivity index (χ0n) is 16.3. The van der Waals surface area contributed by atoms with E-state index in [0.717, 1.165) is 39.0 Å². The summed E-state index contributed by atoms with van der Waals surface area (Å²) in [6.45, 7) is 2.22. The lowest BCUT2D eigenvalue weighted by atomic mass is 9.75. The molecule has 1 N–H and O–H groups in total. The average Bonchev–Trinajstić information content (AvgIpc) is 3.39. The van der Waals surface area contributed by atoms with E-state index in [1.807, 2.05) is 6.07 Å². The second-order valence-corrected chi connectivity index (χ2v) is 8.60. The van der Waals surface area contributed by atoms with Gasteiger partial charge in [0.15, 0.2) is 6.29 Å². The van der Waals surface area contributed by atoms with Crippen molar-refractivity contribution in [3.63, 3.8) is 0 Å². The Balaban J connectivity index is 1.24. The SMILES string of the molecule is O=C(NCCCC1(C2OCCO2)CCCCCC1)[C@@H]1C[C@@H]1c1ccccc1. The summed E-state index contributed by atoms with van der Waals surface area (Å²) in [5.41, 5.74) is 1.45. The van der Waals surface area contributed by atoms with Crippen molar-refractivity contribution in [2.24, 2.45) is 11.3 Å². The van der Waals surface area contributed by atoms with Gasteiger partial charge in [-0.3, -0.25) is 4.79 Å². The fourth-order valence-corrected chi connectivity index (χ4v) is 5.08. The standard InChI is InChI=1S/C23H33NO3/c25-21(20-17-19(20)18-9-4-3-5-10-18)24-14-8-13-23(22-26-15-16-27-22)11-6-1-2-7-12-23/h3-5,9-10,19-20,22H,1-2,6-8,11-17H2,(H,24,25)/t19-,20-/m1/s1. The molecule has 0 bridgehead atoms. The van der Waals surface area contributed by atoms with Gasteiger partial charge in [0.2, 0.25) is 5.91 Å². The minimum Gasteiger partial charge on any atom is -0.356 e. The molecule has 3 fully saturated rings. The highest BCUT2D eigenvalue weighted by Gasteiger charge is 2.44. The molecule has 1 aromatic rings. The van der Waals surface area contributed by atoms with Crippen molar-refractivity contribution in [3.8, 4) is 0 Å². The molecule has 2 aliphatic carbocycles. The summed E-state index contributed by atoms with van der Waals surface area (Å²) in [4.78, 5) is 12.5. The molecule has 1 saturated heterocycles. The average molecular weight is 372 g/mol. The number of rotatable bonds is 7. The zero-order valence-corrected chi connectivity index (χ0v) is 16.3. The quantitative estimate of drug-likeness (QED) is 0.571. The van der Waals surface area contributed by atoms with Crippen LogP contribution in [0.4, 0.5) is 0 Å². The van der Waals surface area contributed by atoms with Gasteiger partial charge in [-0.05, 0) is 43.6 Å². The van der Waals surface area contributed by atoms with Crippen LogP contribution in [0.2, 0.25) is 0 Å². The first-order valence-corrected chi connectivity index (χ1v) is 10.8. The number of carbonyl (C=O) groups excluding carboxylic acids is 1. The lowest BCUT2D eigenvalue weighted by Crippen LogP contribution is -2.37. The van der Waals surface area contributed by atoms with Gasteiger partial charge >= 0.3 is 0 Å². The van der Waals surface area contributed by atoms with Crippen LogP contribution in [0.25, 0.3) is 0 Å². The second kappa shape index (κ2) is 8.74. The Morgan fingerprint density at radius 3 is 2.44 bits per heavy atom. The fraction of sp³-hybridized carbons (Fsp3) is 0.696. The van der Waals surface area contributed by atoms with Crippen LogP contribution in [0.3, 0.4) is 0 Å². The number of ether oxygens (including phenoxy) is 2. The lowest BCUT2D eigenvalue weighted by molar-refractivity contribution is -0.143. The topological polar surface area (TPSA) is 47.6 Å². The van der Waals surface area contributed by atoms with Crippen LogP contribution < -0.4 is 5.32 Å². The smallest absolute Gasteiger partial charge is 0.223 e. The molecule has 1 aliphatic heterocycles. The Bertz CT molecular complexity index is 603. The van der Waals surface area contributed by atoms with Crippen LogP contribution in [0.15, 0.2) is 30.3 Å². The molecule has 1 heterocycles. The lowest BCUT2D eigenvalue weighted by Gasteiger charge is -2.37. The van der Waals surface area contributed by atoms with Gasteiger partial charge in [-0.15, -0.1) is 0 Å². The number of nitrogens with one attached hydrogen (secondary N) is 1. The first-order valence-electron chi connectivity index (χ1n) is 10.8. The predicted octanol–water partition coefficient (Wildman–Crippen LogP) is 4.40. The van der Waals surface area contributed by atoms with Crippen molar-refractivity contribution in [1.29, 1.82) is 0 Å². The van der Waals surface area contributed by atoms with Crippen molar-refractivity contribution in [3.05, 3.63) is 35.9 Å². The third kappa shape index (κ3) is 4.55. The molecule has 1 aromatic carbocycles. The van der Waals surface area contributed by atoms with E-state index in [2.05, 4.69) is 29.6 Å². The maximum absolute atomic E-state index is 12.5. The van der Waals surface area contributed by atoms with Crippen LogP contribution >= 0.6 is 0 Å². The summed E-state index contributed by atoms with van der Waals surface area (Å²) in [6.07, 6.45) is 10.7. The summed E-state index contributed by atoms with van der Waals surface area (Å²) in [5.74, 6) is 0.813. The molecular weight excluding hydrogens is 338 g/mol. The van der Waals surface area contributed by atoms with Crippen LogP contribution in [-0.2, 0) is 14.3 Å². The van der Waals surface area contributed by atoms with Gasteiger partial charge in [0.1, 0.15) is 0 Å². The van der Waals surface area contributed by atoms with E-state index in [0.29, 0.717) is 5.92 Å². The normalized spacial score (nSPS) is 27.9. The largest absolute Gasteiger partial charge is 0.356 e. The molecule has 2 atom stereocenters. The Morgan fingerprint density at radius 2 is 1.74 bits per heavy atom. The van der Waals surface area contributed by atoms with Gasteiger partial charge in [0, 0.05) is 17.9 Å². The third-order valence-electron chi connectivity index (χ3n) is 6.73. The highest BCUT2D eigenvalue weighted by molar-refractivity contribution is 5.82. The van der Waals surface area contributed by atoms with E-state index >= 15 is 0 Å². The second-order valence-electron chi connectivity index (χ2n) is 8.60. The predicted molar refractivity (Wildman–Crippen MR) is 105 cm³/mol. The molecule has 0 radical (unpaired) electrons. The maximum atomic E-state index is 12.5. The monoisotopic (exact) mass is 371 g/mol. The Hall–Kier alpha value is -1.39. The first kappa shape index (κ1) is 18.9. The van der Waals surface area contributed by atoms with Gasteiger partial charge in [0.05, 0.1) is 13.2 Å². The highest BCUT2D eigenvalue weighted by Crippen LogP contribution is 2.47. The molecule has 0 unspecified atom stereocenters. The van der Waals surface area contributed by atoms with Crippen LogP contribution in [0.1, 0.15) is 69.3 Å². The summed E-state index contributed by atoms with van der Waals surface area (Å²) in [7, 11) is 0. The molecule has 4 heteroatoms. The molecule has 27 heavy (non-hydrogen) atoms. The minimum absolute atomic E-state index is 0.0304. The molecular formula is C23H33NO3. The van der Waals surface area contributed by atoms with Crippen LogP contribution in [0.5, 0.6) is 0 Å². The Labute approximate surface area is 163 Å². The molecule has 0 aromatic heterocycles. The highest BCUT2D eigenvalue weighted by atomic mass is 16.7. The fourth-order valence-electron chi connectivity index (χ4n) is 5.08. The maximum Gasteiger partial charge on any atom is 0.223 e. The van der Waals surface area contributed by atoms with Gasteiger partial charge in [-0.2, -0.15) is 0 Å². The minimum atomic E-state index is -0.0304. The number of hydrogen-bond acceptors (Lipinski definition) is 3.